The van der Waals surface area contributed by atoms with Crippen molar-refractivity contribution in [3.05, 3.63) is 71.3 Å². The predicted molar refractivity (Wildman–Crippen MR) is 169 cm³/mol. The van der Waals surface area contributed by atoms with E-state index in [0.717, 1.165) is 11.1 Å². The van der Waals surface area contributed by atoms with Gasteiger partial charge in [0.25, 0.3) is 5.91 Å². The summed E-state index contributed by atoms with van der Waals surface area (Å²) in [5.74, 6) is -3.17. The quantitative estimate of drug-likeness (QED) is 0.115. The zero-order valence-corrected chi connectivity index (χ0v) is 26.3. The van der Waals surface area contributed by atoms with Crippen molar-refractivity contribution in [2.45, 2.75) is 65.8 Å². The summed E-state index contributed by atoms with van der Waals surface area (Å²) in [6.07, 6.45) is 0.0509. The smallest absolute Gasteiger partial charge is 0.408 e. The Morgan fingerprint density at radius 2 is 1.60 bits per heavy atom. The number of likely N-dealkylation sites (tertiary alicyclic amines) is 1. The number of nitrogen functional groups attached to an aromatic ring is 1. The Bertz CT molecular complexity index is 1360. The normalized spacial score (nSPS) is 14.8. The summed E-state index contributed by atoms with van der Waals surface area (Å²) in [6.45, 7) is 7.91. The number of nitrogens with two attached hydrogens (primary N) is 1. The zero-order valence-electron chi connectivity index (χ0n) is 26.3. The van der Waals surface area contributed by atoms with E-state index < -0.39 is 41.7 Å². The molecule has 0 saturated carbocycles. The van der Waals surface area contributed by atoms with Crippen LogP contribution < -0.4 is 21.7 Å². The molecule has 0 aromatic heterocycles. The van der Waals surface area contributed by atoms with Gasteiger partial charge in [-0.2, -0.15) is 0 Å². The van der Waals surface area contributed by atoms with Crippen LogP contribution in [0.1, 0.15) is 57.2 Å². The lowest BCUT2D eigenvalue weighted by atomic mass is 9.91. The molecule has 0 aliphatic carbocycles. The maximum atomic E-state index is 13.4. The monoisotopic (exact) mass is 620 g/mol. The number of rotatable bonds is 15. The molecule has 0 spiro atoms. The molecule has 12 heteroatoms. The Labute approximate surface area is 264 Å². The van der Waals surface area contributed by atoms with Crippen molar-refractivity contribution in [3.8, 4) is 0 Å². The van der Waals surface area contributed by atoms with Crippen LogP contribution in [0.3, 0.4) is 0 Å². The highest BCUT2D eigenvalue weighted by atomic mass is 16.5. The lowest BCUT2D eigenvalue weighted by Gasteiger charge is -2.38. The van der Waals surface area contributed by atoms with Crippen LogP contribution in [0.4, 0.5) is 4.79 Å². The van der Waals surface area contributed by atoms with E-state index in [2.05, 4.69) is 16.0 Å². The lowest BCUT2D eigenvalue weighted by Crippen LogP contribution is -2.61. The summed E-state index contributed by atoms with van der Waals surface area (Å²) in [7, 11) is 0. The van der Waals surface area contributed by atoms with Gasteiger partial charge in [-0.05, 0) is 29.4 Å². The van der Waals surface area contributed by atoms with Crippen LogP contribution in [0.25, 0.3) is 0 Å². The highest BCUT2D eigenvalue weighted by molar-refractivity contribution is 6.38. The molecule has 1 saturated heterocycles. The van der Waals surface area contributed by atoms with E-state index in [4.69, 9.17) is 15.9 Å². The third kappa shape index (κ3) is 10.2. The van der Waals surface area contributed by atoms with Gasteiger partial charge in [-0.1, -0.05) is 88.7 Å². The summed E-state index contributed by atoms with van der Waals surface area (Å²) in [5.41, 5.74) is 7.68. The van der Waals surface area contributed by atoms with Gasteiger partial charge in [0, 0.05) is 25.2 Å². The van der Waals surface area contributed by atoms with Gasteiger partial charge in [0.1, 0.15) is 18.5 Å². The van der Waals surface area contributed by atoms with Crippen molar-refractivity contribution in [2.24, 2.45) is 23.5 Å². The molecule has 12 nitrogen and oxygen atoms in total. The zero-order chi connectivity index (χ0) is 33.1. The topological polar surface area (TPSA) is 184 Å². The molecule has 2 aromatic rings. The Morgan fingerprint density at radius 1 is 0.956 bits per heavy atom. The Morgan fingerprint density at radius 3 is 2.18 bits per heavy atom. The predicted octanol–water partition coefficient (Wildman–Crippen LogP) is 2.49. The minimum Gasteiger partial charge on any atom is -0.445 e. The number of hydrogen-bond acceptors (Lipinski definition) is 7. The first-order chi connectivity index (χ1) is 21.4. The summed E-state index contributed by atoms with van der Waals surface area (Å²) in [6, 6.07) is 14.0. The number of ketones is 1. The molecule has 1 aliphatic heterocycles. The molecule has 2 aromatic carbocycles. The number of carbonyl (C=O) groups excluding carboxylic acids is 5. The number of amidine groups is 1. The molecule has 0 radical (unpaired) electrons. The molecule has 4 amide bonds. The number of benzene rings is 2. The molecule has 45 heavy (non-hydrogen) atoms. The number of hydrogen-bond donors (Lipinski definition) is 5. The Kier molecular flexibility index (Phi) is 12.6. The van der Waals surface area contributed by atoms with Crippen LogP contribution in [0.2, 0.25) is 0 Å². The summed E-state index contributed by atoms with van der Waals surface area (Å²) < 4.78 is 5.29. The minimum absolute atomic E-state index is 0.0360. The van der Waals surface area contributed by atoms with Crippen molar-refractivity contribution in [2.75, 3.05) is 13.1 Å². The van der Waals surface area contributed by atoms with E-state index in [1.807, 2.05) is 51.1 Å². The Hall–Kier alpha value is -4.74. The highest BCUT2D eigenvalue weighted by Gasteiger charge is 2.41. The second-order valence-electron chi connectivity index (χ2n) is 11.9. The number of amides is 4. The number of Topliss-reactive ketones (excluding diaryl/α,β-unsaturated/α-hetero) is 1. The van der Waals surface area contributed by atoms with Crippen LogP contribution in [0, 0.1) is 23.2 Å². The second kappa shape index (κ2) is 16.4. The third-order valence-electron chi connectivity index (χ3n) is 7.80. The van der Waals surface area contributed by atoms with E-state index in [1.54, 1.807) is 31.2 Å². The van der Waals surface area contributed by atoms with Gasteiger partial charge in [-0.3, -0.25) is 24.6 Å². The fourth-order valence-corrected chi connectivity index (χ4v) is 4.80. The summed E-state index contributed by atoms with van der Waals surface area (Å²) in [5, 5.41) is 15.6. The standard InChI is InChI=1S/C33H44N6O6/c1-5-21(4)27(38-31(42)26(15-20(2)3)37-33(44)45-19-23-9-7-6-8-10-23)28(40)32(43)39-17-25(18-39)30(41)36-16-22-11-13-24(14-12-22)29(34)35/h6-14,20-21,25-27H,5,15-19H2,1-4H3,(H3,34,35)(H,36,41)(H,37,44)(H,38,42). The van der Waals surface area contributed by atoms with E-state index >= 15 is 0 Å². The van der Waals surface area contributed by atoms with E-state index in [-0.39, 0.29) is 49.8 Å². The van der Waals surface area contributed by atoms with E-state index in [9.17, 15) is 24.0 Å². The average molecular weight is 621 g/mol. The van der Waals surface area contributed by atoms with Gasteiger partial charge in [0.15, 0.2) is 0 Å². The van der Waals surface area contributed by atoms with Gasteiger partial charge < -0.3 is 31.3 Å². The molecule has 1 fully saturated rings. The second-order valence-corrected chi connectivity index (χ2v) is 11.9. The summed E-state index contributed by atoms with van der Waals surface area (Å²) >= 11 is 0. The number of nitrogens with zero attached hydrogens (tertiary/aromatic N) is 1. The van der Waals surface area contributed by atoms with Crippen LogP contribution >= 0.6 is 0 Å². The molecule has 3 unspecified atom stereocenters. The molecule has 1 heterocycles. The van der Waals surface area contributed by atoms with Crippen LogP contribution in [-0.4, -0.2) is 65.5 Å². The van der Waals surface area contributed by atoms with Gasteiger partial charge >= 0.3 is 6.09 Å². The molecule has 3 atom stereocenters. The number of carbonyl (C=O) groups is 5. The van der Waals surface area contributed by atoms with Gasteiger partial charge in [0.05, 0.1) is 12.0 Å². The van der Waals surface area contributed by atoms with Crippen LogP contribution in [-0.2, 0) is 37.1 Å². The first-order valence-electron chi connectivity index (χ1n) is 15.2. The largest absolute Gasteiger partial charge is 0.445 e. The van der Waals surface area contributed by atoms with E-state index in [0.29, 0.717) is 18.4 Å². The first kappa shape index (κ1) is 34.7. The first-order valence-corrected chi connectivity index (χ1v) is 15.2. The fourth-order valence-electron chi connectivity index (χ4n) is 4.80. The molecule has 0 bridgehead atoms. The third-order valence-corrected chi connectivity index (χ3v) is 7.80. The minimum atomic E-state index is -1.10. The molecule has 1 aliphatic rings. The molecule has 3 rings (SSSR count). The molecular formula is C33H44N6O6. The van der Waals surface area contributed by atoms with Crippen LogP contribution in [0.15, 0.2) is 54.6 Å². The van der Waals surface area contributed by atoms with Gasteiger partial charge in [0.2, 0.25) is 17.6 Å². The SMILES string of the molecule is CCC(C)C(NC(=O)C(CC(C)C)NC(=O)OCc1ccccc1)C(=O)C(=O)N1CC(C(=O)NCc2ccc(C(=N)N)cc2)C1. The number of nitrogens with one attached hydrogen (secondary N) is 4. The fraction of sp³-hybridized carbons (Fsp3) is 0.455. The van der Waals surface area contributed by atoms with Crippen molar-refractivity contribution in [1.82, 2.24) is 20.9 Å². The van der Waals surface area contributed by atoms with E-state index in [1.165, 1.54) is 4.90 Å². The highest BCUT2D eigenvalue weighted by Crippen LogP contribution is 2.19. The molecule has 242 valence electrons. The average Bonchev–Trinajstić information content (AvgIpc) is 3.00. The number of alkyl carbamates (subject to hydrolysis) is 1. The molecular weight excluding hydrogens is 576 g/mol. The van der Waals surface area contributed by atoms with Gasteiger partial charge in [-0.25, -0.2) is 4.79 Å². The Balaban J connectivity index is 1.55. The maximum Gasteiger partial charge on any atom is 0.408 e. The van der Waals surface area contributed by atoms with Crippen molar-refractivity contribution < 1.29 is 28.7 Å². The lowest BCUT2D eigenvalue weighted by molar-refractivity contribution is -0.153. The molecule has 6 N–H and O–H groups in total. The van der Waals surface area contributed by atoms with Crippen molar-refractivity contribution in [3.63, 3.8) is 0 Å². The summed E-state index contributed by atoms with van der Waals surface area (Å²) in [4.78, 5) is 66.3. The maximum absolute atomic E-state index is 13.4. The van der Waals surface area contributed by atoms with Crippen molar-refractivity contribution in [1.29, 1.82) is 5.41 Å². The van der Waals surface area contributed by atoms with Crippen molar-refractivity contribution >= 4 is 35.4 Å². The number of ether oxygens (including phenoxy) is 1. The van der Waals surface area contributed by atoms with Gasteiger partial charge in [-0.15, -0.1) is 0 Å². The van der Waals surface area contributed by atoms with Crippen LogP contribution in [0.5, 0.6) is 0 Å².